The molecule has 0 aliphatic heterocycles. The quantitative estimate of drug-likeness (QED) is 0.765. The number of carbonyl (C=O) groups excluding carboxylic acids is 2. The smallest absolute Gasteiger partial charge is 0.251 e. The summed E-state index contributed by atoms with van der Waals surface area (Å²) in [6.07, 6.45) is 0. The summed E-state index contributed by atoms with van der Waals surface area (Å²) >= 11 is 11.5. The van der Waals surface area contributed by atoms with Gasteiger partial charge in [-0.1, -0.05) is 23.2 Å². The van der Waals surface area contributed by atoms with Gasteiger partial charge in [-0.25, -0.2) is 0 Å². The van der Waals surface area contributed by atoms with E-state index in [-0.39, 0.29) is 30.1 Å². The van der Waals surface area contributed by atoms with Gasteiger partial charge >= 0.3 is 0 Å². The van der Waals surface area contributed by atoms with Gasteiger partial charge in [0.25, 0.3) is 5.91 Å². The fourth-order valence-electron chi connectivity index (χ4n) is 1.27. The van der Waals surface area contributed by atoms with Crippen LogP contribution >= 0.6 is 23.2 Å². The van der Waals surface area contributed by atoms with Crippen molar-refractivity contribution in [1.29, 1.82) is 0 Å². The lowest BCUT2D eigenvalue weighted by atomic mass is 10.2. The highest BCUT2D eigenvalue weighted by Crippen LogP contribution is 2.22. The van der Waals surface area contributed by atoms with E-state index < -0.39 is 5.91 Å². The molecule has 0 fully saturated rings. The number of rotatable bonds is 5. The van der Waals surface area contributed by atoms with Crippen LogP contribution in [0, 0.1) is 0 Å². The molecule has 19 heavy (non-hydrogen) atoms. The first-order chi connectivity index (χ1) is 8.93. The van der Waals surface area contributed by atoms with Crippen LogP contribution in [0.3, 0.4) is 0 Å². The lowest BCUT2D eigenvalue weighted by molar-refractivity contribution is -0.121. The molecule has 5 nitrogen and oxygen atoms in total. The predicted octanol–water partition coefficient (Wildman–Crippen LogP) is 1.22. The lowest BCUT2D eigenvalue weighted by Crippen LogP contribution is -2.42. The Labute approximate surface area is 120 Å². The van der Waals surface area contributed by atoms with E-state index in [1.807, 2.05) is 0 Å². The monoisotopic (exact) mass is 304 g/mol. The Balaban J connectivity index is 2.51. The topological polar surface area (TPSA) is 78.4 Å². The number of aliphatic hydroxyl groups excluding tert-OH is 1. The minimum atomic E-state index is -0.426. The summed E-state index contributed by atoms with van der Waals surface area (Å²) in [5.41, 5.74) is 0.317. The van der Waals surface area contributed by atoms with Gasteiger partial charge in [-0.15, -0.1) is 0 Å². The molecule has 1 aromatic carbocycles. The summed E-state index contributed by atoms with van der Waals surface area (Å²) in [4.78, 5) is 23.1. The van der Waals surface area contributed by atoms with Crippen molar-refractivity contribution >= 4 is 35.0 Å². The van der Waals surface area contributed by atoms with Gasteiger partial charge in [0.1, 0.15) is 0 Å². The maximum atomic E-state index is 11.7. The van der Waals surface area contributed by atoms with Crippen LogP contribution in [-0.4, -0.2) is 36.1 Å². The molecule has 0 aliphatic carbocycles. The van der Waals surface area contributed by atoms with Gasteiger partial charge in [0.05, 0.1) is 23.2 Å². The summed E-state index contributed by atoms with van der Waals surface area (Å²) in [5.74, 6) is -0.805. The minimum absolute atomic E-state index is 0.160. The van der Waals surface area contributed by atoms with Gasteiger partial charge < -0.3 is 15.7 Å². The molecule has 0 aromatic heterocycles. The van der Waals surface area contributed by atoms with Crippen molar-refractivity contribution < 1.29 is 14.7 Å². The fraction of sp³-hybridized carbons (Fsp3) is 0.333. The zero-order valence-corrected chi connectivity index (χ0v) is 11.8. The fourth-order valence-corrected chi connectivity index (χ4v) is 1.57. The maximum absolute atomic E-state index is 11.7. The van der Waals surface area contributed by atoms with Gasteiger partial charge in [0.2, 0.25) is 5.91 Å². The zero-order valence-electron chi connectivity index (χ0n) is 10.2. The van der Waals surface area contributed by atoms with Gasteiger partial charge in [0, 0.05) is 11.6 Å². The number of carbonyl (C=O) groups is 2. The molecule has 2 amide bonds. The molecule has 7 heteroatoms. The van der Waals surface area contributed by atoms with Gasteiger partial charge in [-0.05, 0) is 25.1 Å². The second kappa shape index (κ2) is 7.33. The van der Waals surface area contributed by atoms with Crippen molar-refractivity contribution in [2.24, 2.45) is 0 Å². The third-order valence-corrected chi connectivity index (χ3v) is 3.01. The molecule has 1 aromatic rings. The third kappa shape index (κ3) is 5.06. The van der Waals surface area contributed by atoms with Crippen LogP contribution in [-0.2, 0) is 4.79 Å². The number of aliphatic hydroxyl groups is 1. The Morgan fingerprint density at radius 1 is 1.32 bits per heavy atom. The van der Waals surface area contributed by atoms with Crippen molar-refractivity contribution in [3.05, 3.63) is 33.8 Å². The highest BCUT2D eigenvalue weighted by molar-refractivity contribution is 6.42. The Morgan fingerprint density at radius 3 is 2.58 bits per heavy atom. The van der Waals surface area contributed by atoms with Crippen molar-refractivity contribution in [3.63, 3.8) is 0 Å². The molecule has 0 spiro atoms. The lowest BCUT2D eigenvalue weighted by Gasteiger charge is -2.11. The van der Waals surface area contributed by atoms with E-state index in [9.17, 15) is 9.59 Å². The average Bonchev–Trinajstić information content (AvgIpc) is 2.39. The van der Waals surface area contributed by atoms with Crippen LogP contribution in [0.1, 0.15) is 17.3 Å². The molecule has 0 heterocycles. The molecule has 0 bridgehead atoms. The summed E-state index contributed by atoms with van der Waals surface area (Å²) in [7, 11) is 0. The zero-order chi connectivity index (χ0) is 14.4. The number of hydrogen-bond acceptors (Lipinski definition) is 3. The molecular formula is C12H14Cl2N2O3. The number of nitrogens with one attached hydrogen (secondary N) is 2. The van der Waals surface area contributed by atoms with Crippen LogP contribution in [0.15, 0.2) is 18.2 Å². The SMILES string of the molecule is CC(CO)NC(=O)CNC(=O)c1ccc(Cl)c(Cl)c1. The van der Waals surface area contributed by atoms with E-state index in [1.54, 1.807) is 6.92 Å². The van der Waals surface area contributed by atoms with Crippen LogP contribution < -0.4 is 10.6 Å². The van der Waals surface area contributed by atoms with Crippen LogP contribution in [0.25, 0.3) is 0 Å². The summed E-state index contributed by atoms with van der Waals surface area (Å²) < 4.78 is 0. The molecule has 1 unspecified atom stereocenters. The van der Waals surface area contributed by atoms with E-state index >= 15 is 0 Å². The molecule has 0 saturated carbocycles. The molecule has 3 N–H and O–H groups in total. The largest absolute Gasteiger partial charge is 0.394 e. The van der Waals surface area contributed by atoms with Crippen molar-refractivity contribution in [3.8, 4) is 0 Å². The van der Waals surface area contributed by atoms with E-state index in [1.165, 1.54) is 18.2 Å². The Morgan fingerprint density at radius 2 is 2.00 bits per heavy atom. The minimum Gasteiger partial charge on any atom is -0.394 e. The highest BCUT2D eigenvalue weighted by atomic mass is 35.5. The molecule has 0 aliphatic rings. The normalized spacial score (nSPS) is 11.8. The molecule has 0 radical (unpaired) electrons. The third-order valence-electron chi connectivity index (χ3n) is 2.27. The molecule has 104 valence electrons. The predicted molar refractivity (Wildman–Crippen MR) is 73.5 cm³/mol. The Bertz CT molecular complexity index is 480. The van der Waals surface area contributed by atoms with Crippen molar-refractivity contribution in [1.82, 2.24) is 10.6 Å². The van der Waals surface area contributed by atoms with Gasteiger partial charge in [-0.3, -0.25) is 9.59 Å². The number of amides is 2. The summed E-state index contributed by atoms with van der Waals surface area (Å²) in [6.45, 7) is 1.31. The average molecular weight is 305 g/mol. The first-order valence-electron chi connectivity index (χ1n) is 5.57. The first kappa shape index (κ1) is 15.8. The summed E-state index contributed by atoms with van der Waals surface area (Å²) in [6, 6.07) is 4.09. The first-order valence-corrected chi connectivity index (χ1v) is 6.33. The molecule has 0 saturated heterocycles. The highest BCUT2D eigenvalue weighted by Gasteiger charge is 2.11. The molecular weight excluding hydrogens is 291 g/mol. The van der Waals surface area contributed by atoms with Crippen molar-refractivity contribution in [2.75, 3.05) is 13.2 Å². The van der Waals surface area contributed by atoms with Crippen LogP contribution in [0.5, 0.6) is 0 Å². The second-order valence-electron chi connectivity index (χ2n) is 3.96. The van der Waals surface area contributed by atoms with Gasteiger partial charge in [-0.2, -0.15) is 0 Å². The Hall–Kier alpha value is -1.30. The van der Waals surface area contributed by atoms with E-state index in [0.29, 0.717) is 10.6 Å². The maximum Gasteiger partial charge on any atom is 0.251 e. The van der Waals surface area contributed by atoms with E-state index in [2.05, 4.69) is 10.6 Å². The van der Waals surface area contributed by atoms with Crippen LogP contribution in [0.4, 0.5) is 0 Å². The van der Waals surface area contributed by atoms with Gasteiger partial charge in [0.15, 0.2) is 0 Å². The number of hydrogen-bond donors (Lipinski definition) is 3. The molecule has 1 atom stereocenters. The van der Waals surface area contributed by atoms with Crippen molar-refractivity contribution in [2.45, 2.75) is 13.0 Å². The number of halogens is 2. The van der Waals surface area contributed by atoms with Crippen LogP contribution in [0.2, 0.25) is 10.0 Å². The second-order valence-corrected chi connectivity index (χ2v) is 4.78. The van der Waals surface area contributed by atoms with E-state index in [0.717, 1.165) is 0 Å². The Kier molecular flexibility index (Phi) is 6.08. The number of benzene rings is 1. The standard InChI is InChI=1S/C12H14Cl2N2O3/c1-7(6-17)16-11(18)5-15-12(19)8-2-3-9(13)10(14)4-8/h2-4,7,17H,5-6H2,1H3,(H,15,19)(H,16,18). The van der Waals surface area contributed by atoms with E-state index in [4.69, 9.17) is 28.3 Å². The summed E-state index contributed by atoms with van der Waals surface area (Å²) in [5, 5.41) is 14.3. The molecule has 1 rings (SSSR count).